The topological polar surface area (TPSA) is 67.9 Å². The van der Waals surface area contributed by atoms with Crippen LogP contribution < -0.4 is 10.6 Å². The number of hydrogen-bond donors (Lipinski definition) is 1. The van der Waals surface area contributed by atoms with Gasteiger partial charge in [0.2, 0.25) is 5.95 Å². The predicted molar refractivity (Wildman–Crippen MR) is 75.9 cm³/mol. The maximum Gasteiger partial charge on any atom is 0.222 e. The number of hydrogen-bond acceptors (Lipinski definition) is 5. The van der Waals surface area contributed by atoms with Crippen LogP contribution in [0, 0.1) is 6.92 Å². The van der Waals surface area contributed by atoms with Crippen molar-refractivity contribution in [3.05, 3.63) is 30.2 Å². The molecule has 19 heavy (non-hydrogen) atoms. The fourth-order valence-electron chi connectivity index (χ4n) is 2.59. The van der Waals surface area contributed by atoms with Crippen molar-refractivity contribution in [2.45, 2.75) is 19.8 Å². The second kappa shape index (κ2) is 4.84. The third kappa shape index (κ3) is 2.23. The van der Waals surface area contributed by atoms with Gasteiger partial charge in [-0.25, -0.2) is 4.98 Å². The molecule has 2 aromatic heterocycles. The number of anilines is 2. The van der Waals surface area contributed by atoms with Gasteiger partial charge in [0.1, 0.15) is 5.82 Å². The molecule has 3 rings (SSSR count). The van der Waals surface area contributed by atoms with Crippen LogP contribution in [0.5, 0.6) is 0 Å². The first-order valence-corrected chi connectivity index (χ1v) is 6.55. The standard InChI is InChI=1S/C14H17N5/c1-10-12(11-5-4-6-16-9-11)13(18-14(15)17-10)19-7-2-3-8-19/h4-6,9H,2-3,7-8H2,1H3,(H2,15,17,18). The molecule has 0 aromatic carbocycles. The molecule has 5 heteroatoms. The van der Waals surface area contributed by atoms with Crippen molar-refractivity contribution in [1.82, 2.24) is 15.0 Å². The fraction of sp³-hybridized carbons (Fsp3) is 0.357. The quantitative estimate of drug-likeness (QED) is 0.889. The van der Waals surface area contributed by atoms with Gasteiger partial charge in [0.25, 0.3) is 0 Å². The van der Waals surface area contributed by atoms with Crippen LogP contribution in [0.3, 0.4) is 0 Å². The lowest BCUT2D eigenvalue weighted by molar-refractivity contribution is 0.927. The molecule has 3 heterocycles. The van der Waals surface area contributed by atoms with Gasteiger partial charge in [0.05, 0.1) is 5.69 Å². The average Bonchev–Trinajstić information content (AvgIpc) is 2.92. The van der Waals surface area contributed by atoms with Gasteiger partial charge in [-0.1, -0.05) is 6.07 Å². The van der Waals surface area contributed by atoms with E-state index in [9.17, 15) is 0 Å². The van der Waals surface area contributed by atoms with Gasteiger partial charge >= 0.3 is 0 Å². The Morgan fingerprint density at radius 1 is 1.21 bits per heavy atom. The molecule has 0 unspecified atom stereocenters. The molecule has 0 atom stereocenters. The van der Waals surface area contributed by atoms with Crippen LogP contribution in [0.4, 0.5) is 11.8 Å². The molecule has 2 N–H and O–H groups in total. The summed E-state index contributed by atoms with van der Waals surface area (Å²) in [5, 5.41) is 0. The second-order valence-corrected chi connectivity index (χ2v) is 4.80. The van der Waals surface area contributed by atoms with Crippen LogP contribution >= 0.6 is 0 Å². The minimum atomic E-state index is 0.340. The number of aromatic nitrogens is 3. The molecule has 2 aromatic rings. The number of rotatable bonds is 2. The molecular weight excluding hydrogens is 238 g/mol. The van der Waals surface area contributed by atoms with Crippen LogP contribution in [-0.4, -0.2) is 28.0 Å². The highest BCUT2D eigenvalue weighted by molar-refractivity contribution is 5.78. The van der Waals surface area contributed by atoms with E-state index < -0.39 is 0 Å². The highest BCUT2D eigenvalue weighted by atomic mass is 15.2. The Bertz CT molecular complexity index is 576. The number of nitrogens with two attached hydrogens (primary N) is 1. The van der Waals surface area contributed by atoms with Crippen molar-refractivity contribution >= 4 is 11.8 Å². The average molecular weight is 255 g/mol. The van der Waals surface area contributed by atoms with Crippen LogP contribution in [0.1, 0.15) is 18.5 Å². The minimum absolute atomic E-state index is 0.340. The van der Waals surface area contributed by atoms with Gasteiger partial charge < -0.3 is 10.6 Å². The summed E-state index contributed by atoms with van der Waals surface area (Å²) in [5.74, 6) is 1.28. The molecule has 0 saturated carbocycles. The summed E-state index contributed by atoms with van der Waals surface area (Å²) in [6, 6.07) is 3.97. The SMILES string of the molecule is Cc1nc(N)nc(N2CCCC2)c1-c1cccnc1. The molecule has 0 amide bonds. The molecule has 1 fully saturated rings. The maximum absolute atomic E-state index is 5.81. The minimum Gasteiger partial charge on any atom is -0.368 e. The summed E-state index contributed by atoms with van der Waals surface area (Å²) >= 11 is 0. The summed E-state index contributed by atoms with van der Waals surface area (Å²) in [6.07, 6.45) is 6.03. The van der Waals surface area contributed by atoms with E-state index in [2.05, 4.69) is 19.9 Å². The first kappa shape index (κ1) is 11.9. The zero-order valence-corrected chi connectivity index (χ0v) is 11.0. The summed E-state index contributed by atoms with van der Waals surface area (Å²) in [4.78, 5) is 15.2. The molecule has 98 valence electrons. The van der Waals surface area contributed by atoms with Crippen molar-refractivity contribution in [2.24, 2.45) is 0 Å². The number of pyridine rings is 1. The molecule has 0 radical (unpaired) electrons. The van der Waals surface area contributed by atoms with E-state index in [0.717, 1.165) is 35.7 Å². The van der Waals surface area contributed by atoms with E-state index in [1.165, 1.54) is 12.8 Å². The largest absolute Gasteiger partial charge is 0.368 e. The first-order valence-electron chi connectivity index (χ1n) is 6.55. The van der Waals surface area contributed by atoms with Crippen molar-refractivity contribution in [3.8, 4) is 11.1 Å². The highest BCUT2D eigenvalue weighted by Crippen LogP contribution is 2.33. The zero-order valence-electron chi connectivity index (χ0n) is 11.0. The van der Waals surface area contributed by atoms with Gasteiger partial charge in [-0.05, 0) is 25.8 Å². The highest BCUT2D eigenvalue weighted by Gasteiger charge is 2.21. The molecule has 1 saturated heterocycles. The van der Waals surface area contributed by atoms with Crippen molar-refractivity contribution in [1.29, 1.82) is 0 Å². The van der Waals surface area contributed by atoms with Gasteiger partial charge in [-0.3, -0.25) is 4.98 Å². The zero-order chi connectivity index (χ0) is 13.2. The van der Waals surface area contributed by atoms with Crippen LogP contribution in [-0.2, 0) is 0 Å². The lowest BCUT2D eigenvalue weighted by atomic mass is 10.1. The van der Waals surface area contributed by atoms with Gasteiger partial charge in [0, 0.05) is 36.6 Å². The van der Waals surface area contributed by atoms with Gasteiger partial charge in [-0.15, -0.1) is 0 Å². The van der Waals surface area contributed by atoms with Crippen LogP contribution in [0.15, 0.2) is 24.5 Å². The molecular formula is C14H17N5. The second-order valence-electron chi connectivity index (χ2n) is 4.80. The lowest BCUT2D eigenvalue weighted by Gasteiger charge is -2.21. The number of nitrogen functional groups attached to an aromatic ring is 1. The normalized spacial score (nSPS) is 14.9. The Labute approximate surface area is 112 Å². The van der Waals surface area contributed by atoms with Crippen LogP contribution in [0.2, 0.25) is 0 Å². The Morgan fingerprint density at radius 3 is 2.68 bits per heavy atom. The van der Waals surface area contributed by atoms with Gasteiger partial charge in [-0.2, -0.15) is 4.98 Å². The summed E-state index contributed by atoms with van der Waals surface area (Å²) in [6.45, 7) is 4.03. The van der Waals surface area contributed by atoms with Crippen molar-refractivity contribution < 1.29 is 0 Å². The monoisotopic (exact) mass is 255 g/mol. The Kier molecular flexibility index (Phi) is 3.03. The summed E-state index contributed by atoms with van der Waals surface area (Å²) < 4.78 is 0. The van der Waals surface area contributed by atoms with E-state index >= 15 is 0 Å². The third-order valence-corrected chi connectivity index (χ3v) is 3.44. The summed E-state index contributed by atoms with van der Waals surface area (Å²) in [7, 11) is 0. The lowest BCUT2D eigenvalue weighted by Crippen LogP contribution is -2.21. The number of nitrogens with zero attached hydrogens (tertiary/aromatic N) is 4. The Hall–Kier alpha value is -2.17. The van der Waals surface area contributed by atoms with E-state index in [1.54, 1.807) is 6.20 Å². The molecule has 1 aliphatic rings. The van der Waals surface area contributed by atoms with Gasteiger partial charge in [0.15, 0.2) is 0 Å². The van der Waals surface area contributed by atoms with E-state index in [1.807, 2.05) is 25.3 Å². The Balaban J connectivity index is 2.16. The molecule has 5 nitrogen and oxygen atoms in total. The van der Waals surface area contributed by atoms with Crippen LogP contribution in [0.25, 0.3) is 11.1 Å². The van der Waals surface area contributed by atoms with E-state index in [-0.39, 0.29) is 0 Å². The maximum atomic E-state index is 5.81. The fourth-order valence-corrected chi connectivity index (χ4v) is 2.59. The third-order valence-electron chi connectivity index (χ3n) is 3.44. The number of aryl methyl sites for hydroxylation is 1. The van der Waals surface area contributed by atoms with E-state index in [4.69, 9.17) is 5.73 Å². The summed E-state index contributed by atoms with van der Waals surface area (Å²) in [5.41, 5.74) is 8.80. The predicted octanol–water partition coefficient (Wildman–Crippen LogP) is 2.03. The molecule has 1 aliphatic heterocycles. The first-order chi connectivity index (χ1) is 9.25. The van der Waals surface area contributed by atoms with E-state index in [0.29, 0.717) is 5.95 Å². The molecule has 0 spiro atoms. The Morgan fingerprint density at radius 2 is 2.00 bits per heavy atom. The molecule has 0 aliphatic carbocycles. The molecule has 0 bridgehead atoms. The smallest absolute Gasteiger partial charge is 0.222 e. The van der Waals surface area contributed by atoms with Crippen molar-refractivity contribution in [3.63, 3.8) is 0 Å². The van der Waals surface area contributed by atoms with Crippen molar-refractivity contribution in [2.75, 3.05) is 23.7 Å².